The summed E-state index contributed by atoms with van der Waals surface area (Å²) in [6, 6.07) is 6.97. The van der Waals surface area contributed by atoms with E-state index in [1.807, 2.05) is 6.07 Å². The van der Waals surface area contributed by atoms with Gasteiger partial charge < -0.3 is 5.32 Å². The third-order valence-corrected chi connectivity index (χ3v) is 4.45. The maximum absolute atomic E-state index is 4.29. The van der Waals surface area contributed by atoms with E-state index in [2.05, 4.69) is 50.5 Å². The van der Waals surface area contributed by atoms with E-state index in [1.54, 1.807) is 11.3 Å². The molecule has 1 saturated carbocycles. The Balaban J connectivity index is 1.78. The van der Waals surface area contributed by atoms with Gasteiger partial charge in [0.25, 0.3) is 0 Å². The van der Waals surface area contributed by atoms with Crippen molar-refractivity contribution in [2.24, 2.45) is 0 Å². The second kappa shape index (κ2) is 5.07. The SMILES string of the molecule is Cc1cc(Br)ccc1-c1nnc(CNC2CC2)s1. The molecule has 1 aliphatic carbocycles. The van der Waals surface area contributed by atoms with Crippen molar-refractivity contribution in [3.8, 4) is 10.6 Å². The van der Waals surface area contributed by atoms with Gasteiger partial charge in [0.15, 0.2) is 0 Å². The average molecular weight is 324 g/mol. The number of aryl methyl sites for hydroxylation is 1. The Morgan fingerprint density at radius 1 is 1.39 bits per heavy atom. The highest BCUT2D eigenvalue weighted by atomic mass is 79.9. The maximum Gasteiger partial charge on any atom is 0.148 e. The molecule has 3 rings (SSSR count). The molecule has 0 unspecified atom stereocenters. The first kappa shape index (κ1) is 12.3. The minimum Gasteiger partial charge on any atom is -0.308 e. The Hall–Kier alpha value is -0.780. The molecule has 3 nitrogen and oxygen atoms in total. The van der Waals surface area contributed by atoms with E-state index in [9.17, 15) is 0 Å². The van der Waals surface area contributed by atoms with E-state index in [0.717, 1.165) is 21.0 Å². The third kappa shape index (κ3) is 2.79. The Bertz CT molecular complexity index is 563. The van der Waals surface area contributed by atoms with Crippen LogP contribution >= 0.6 is 27.3 Å². The van der Waals surface area contributed by atoms with Crippen LogP contribution in [-0.4, -0.2) is 16.2 Å². The highest BCUT2D eigenvalue weighted by Gasteiger charge is 2.20. The van der Waals surface area contributed by atoms with Gasteiger partial charge in [0.2, 0.25) is 0 Å². The molecule has 0 spiro atoms. The van der Waals surface area contributed by atoms with Crippen molar-refractivity contribution < 1.29 is 0 Å². The number of nitrogens with zero attached hydrogens (tertiary/aromatic N) is 2. The summed E-state index contributed by atoms with van der Waals surface area (Å²) in [6.07, 6.45) is 2.61. The van der Waals surface area contributed by atoms with Gasteiger partial charge >= 0.3 is 0 Å². The van der Waals surface area contributed by atoms with Crippen molar-refractivity contribution in [2.45, 2.75) is 32.4 Å². The summed E-state index contributed by atoms with van der Waals surface area (Å²) in [5.41, 5.74) is 2.40. The van der Waals surface area contributed by atoms with E-state index in [-0.39, 0.29) is 0 Å². The molecule has 0 bridgehead atoms. The van der Waals surface area contributed by atoms with E-state index >= 15 is 0 Å². The van der Waals surface area contributed by atoms with E-state index in [0.29, 0.717) is 6.04 Å². The summed E-state index contributed by atoms with van der Waals surface area (Å²) in [7, 11) is 0. The van der Waals surface area contributed by atoms with Gasteiger partial charge in [0.05, 0.1) is 0 Å². The Labute approximate surface area is 119 Å². The summed E-state index contributed by atoms with van der Waals surface area (Å²) in [4.78, 5) is 0. The van der Waals surface area contributed by atoms with Gasteiger partial charge in [-0.05, 0) is 37.5 Å². The zero-order valence-electron chi connectivity index (χ0n) is 10.1. The van der Waals surface area contributed by atoms with Gasteiger partial charge in [-0.25, -0.2) is 0 Å². The summed E-state index contributed by atoms with van der Waals surface area (Å²) in [5, 5.41) is 14.1. The van der Waals surface area contributed by atoms with Gasteiger partial charge in [-0.1, -0.05) is 33.3 Å². The number of nitrogens with one attached hydrogen (secondary N) is 1. The molecule has 1 aromatic heterocycles. The lowest BCUT2D eigenvalue weighted by molar-refractivity contribution is 0.679. The molecular weight excluding hydrogens is 310 g/mol. The van der Waals surface area contributed by atoms with Crippen LogP contribution in [0.4, 0.5) is 0 Å². The Kier molecular flexibility index (Phi) is 3.46. The molecule has 1 heterocycles. The van der Waals surface area contributed by atoms with Gasteiger partial charge in [0.1, 0.15) is 10.0 Å². The van der Waals surface area contributed by atoms with Crippen molar-refractivity contribution in [3.63, 3.8) is 0 Å². The van der Waals surface area contributed by atoms with Crippen molar-refractivity contribution in [1.82, 2.24) is 15.5 Å². The first-order valence-electron chi connectivity index (χ1n) is 6.04. The number of rotatable bonds is 4. The molecule has 0 atom stereocenters. The van der Waals surface area contributed by atoms with Gasteiger partial charge in [0, 0.05) is 22.6 Å². The number of hydrogen-bond acceptors (Lipinski definition) is 4. The average Bonchev–Trinajstić information content (AvgIpc) is 3.05. The zero-order chi connectivity index (χ0) is 12.5. The fourth-order valence-electron chi connectivity index (χ4n) is 1.82. The fourth-order valence-corrected chi connectivity index (χ4v) is 3.18. The number of halogens is 1. The second-order valence-corrected chi connectivity index (χ2v) is 6.59. The molecule has 2 aromatic rings. The van der Waals surface area contributed by atoms with E-state index in [4.69, 9.17) is 0 Å². The molecule has 1 aromatic carbocycles. The minimum atomic E-state index is 0.715. The van der Waals surface area contributed by atoms with Crippen LogP contribution in [-0.2, 0) is 6.54 Å². The van der Waals surface area contributed by atoms with Crippen molar-refractivity contribution in [3.05, 3.63) is 33.2 Å². The van der Waals surface area contributed by atoms with Gasteiger partial charge in [-0.15, -0.1) is 10.2 Å². The molecular formula is C13H14BrN3S. The fraction of sp³-hybridized carbons (Fsp3) is 0.385. The monoisotopic (exact) mass is 323 g/mol. The first-order valence-corrected chi connectivity index (χ1v) is 7.65. The largest absolute Gasteiger partial charge is 0.308 e. The highest BCUT2D eigenvalue weighted by Crippen LogP contribution is 2.29. The topological polar surface area (TPSA) is 37.8 Å². The molecule has 94 valence electrons. The first-order chi connectivity index (χ1) is 8.72. The van der Waals surface area contributed by atoms with Crippen LogP contribution in [0.25, 0.3) is 10.6 Å². The van der Waals surface area contributed by atoms with Crippen molar-refractivity contribution >= 4 is 27.3 Å². The Morgan fingerprint density at radius 3 is 2.94 bits per heavy atom. The molecule has 5 heteroatoms. The highest BCUT2D eigenvalue weighted by molar-refractivity contribution is 9.10. The molecule has 1 N–H and O–H groups in total. The minimum absolute atomic E-state index is 0.715. The zero-order valence-corrected chi connectivity index (χ0v) is 12.5. The normalized spacial score (nSPS) is 15.0. The lowest BCUT2D eigenvalue weighted by Crippen LogP contribution is -2.14. The third-order valence-electron chi connectivity index (χ3n) is 3.01. The van der Waals surface area contributed by atoms with Crippen LogP contribution < -0.4 is 5.32 Å². The van der Waals surface area contributed by atoms with Crippen LogP contribution in [0.1, 0.15) is 23.4 Å². The molecule has 0 radical (unpaired) electrons. The number of aromatic nitrogens is 2. The van der Waals surface area contributed by atoms with Gasteiger partial charge in [-0.3, -0.25) is 0 Å². The van der Waals surface area contributed by atoms with Crippen LogP contribution in [0.3, 0.4) is 0 Å². The van der Waals surface area contributed by atoms with E-state index < -0.39 is 0 Å². The summed E-state index contributed by atoms with van der Waals surface area (Å²) < 4.78 is 1.10. The van der Waals surface area contributed by atoms with Crippen LogP contribution in [0.5, 0.6) is 0 Å². The number of benzene rings is 1. The standard InChI is InChI=1S/C13H14BrN3S/c1-8-6-9(14)2-5-11(8)13-17-16-12(18-13)7-15-10-3-4-10/h2,5-6,10,15H,3-4,7H2,1H3. The van der Waals surface area contributed by atoms with Crippen molar-refractivity contribution in [2.75, 3.05) is 0 Å². The molecule has 1 fully saturated rings. The maximum atomic E-state index is 4.29. The molecule has 0 aliphatic heterocycles. The van der Waals surface area contributed by atoms with Crippen LogP contribution in [0.15, 0.2) is 22.7 Å². The number of hydrogen-bond donors (Lipinski definition) is 1. The predicted octanol–water partition coefficient (Wildman–Crippen LogP) is 3.53. The smallest absolute Gasteiger partial charge is 0.148 e. The molecule has 18 heavy (non-hydrogen) atoms. The molecule has 0 saturated heterocycles. The summed E-state index contributed by atoms with van der Waals surface area (Å²) in [6.45, 7) is 2.95. The van der Waals surface area contributed by atoms with Gasteiger partial charge in [-0.2, -0.15) is 0 Å². The predicted molar refractivity (Wildman–Crippen MR) is 77.6 cm³/mol. The van der Waals surface area contributed by atoms with Crippen LogP contribution in [0.2, 0.25) is 0 Å². The lowest BCUT2D eigenvalue weighted by atomic mass is 10.1. The summed E-state index contributed by atoms with van der Waals surface area (Å²) >= 11 is 5.15. The van der Waals surface area contributed by atoms with E-state index in [1.165, 1.54) is 24.0 Å². The Morgan fingerprint density at radius 2 is 2.22 bits per heavy atom. The van der Waals surface area contributed by atoms with Crippen LogP contribution in [0, 0.1) is 6.92 Å². The second-order valence-electron chi connectivity index (χ2n) is 4.62. The van der Waals surface area contributed by atoms with Crippen molar-refractivity contribution in [1.29, 1.82) is 0 Å². The lowest BCUT2D eigenvalue weighted by Gasteiger charge is -2.01. The molecule has 1 aliphatic rings. The summed E-state index contributed by atoms with van der Waals surface area (Å²) in [5.74, 6) is 0. The quantitative estimate of drug-likeness (QED) is 0.935. The molecule has 0 amide bonds.